The molecule has 1 N–H and O–H groups in total. The monoisotopic (exact) mass is 312 g/mol. The molecule has 1 aromatic rings. The quantitative estimate of drug-likeness (QED) is 0.913. The summed E-state index contributed by atoms with van der Waals surface area (Å²) in [5, 5.41) is 11.8. The molecule has 0 spiro atoms. The van der Waals surface area contributed by atoms with E-state index in [1.54, 1.807) is 18.2 Å². The molecule has 1 aromatic carbocycles. The third-order valence-corrected chi connectivity index (χ3v) is 4.94. The van der Waals surface area contributed by atoms with E-state index in [-0.39, 0.29) is 6.03 Å². The Morgan fingerprint density at radius 3 is 2.57 bits per heavy atom. The molecule has 0 radical (unpaired) electrons. The maximum Gasteiger partial charge on any atom is 0.321 e. The van der Waals surface area contributed by atoms with Gasteiger partial charge in [-0.3, -0.25) is 4.90 Å². The minimum Gasteiger partial charge on any atom is -0.322 e. The molecule has 122 valence electrons. The highest BCUT2D eigenvalue weighted by Crippen LogP contribution is 2.23. The summed E-state index contributed by atoms with van der Waals surface area (Å²) in [7, 11) is 0. The van der Waals surface area contributed by atoms with Gasteiger partial charge in [-0.15, -0.1) is 0 Å². The lowest BCUT2D eigenvalue weighted by Gasteiger charge is -2.40. The van der Waals surface area contributed by atoms with Crippen molar-refractivity contribution in [3.05, 3.63) is 29.8 Å². The number of hydrogen-bond donors (Lipinski definition) is 1. The first-order valence-corrected chi connectivity index (χ1v) is 8.56. The van der Waals surface area contributed by atoms with Crippen LogP contribution in [0, 0.1) is 11.3 Å². The number of nitrogens with one attached hydrogen (secondary N) is 1. The highest BCUT2D eigenvalue weighted by molar-refractivity contribution is 5.89. The Balaban J connectivity index is 1.50. The number of urea groups is 1. The number of carbonyl (C=O) groups is 1. The third-order valence-electron chi connectivity index (χ3n) is 4.94. The van der Waals surface area contributed by atoms with Crippen molar-refractivity contribution in [3.8, 4) is 6.07 Å². The smallest absolute Gasteiger partial charge is 0.321 e. The zero-order chi connectivity index (χ0) is 16.1. The molecule has 1 aliphatic heterocycles. The van der Waals surface area contributed by atoms with Crippen LogP contribution in [0.15, 0.2) is 24.3 Å². The zero-order valence-corrected chi connectivity index (χ0v) is 13.5. The van der Waals surface area contributed by atoms with Crippen molar-refractivity contribution in [1.82, 2.24) is 9.80 Å². The Labute approximate surface area is 137 Å². The van der Waals surface area contributed by atoms with Crippen molar-refractivity contribution in [2.24, 2.45) is 0 Å². The Morgan fingerprint density at radius 1 is 1.13 bits per heavy atom. The summed E-state index contributed by atoms with van der Waals surface area (Å²) < 4.78 is 0. The molecule has 5 nitrogen and oxygen atoms in total. The number of hydrogen-bond acceptors (Lipinski definition) is 3. The number of piperazine rings is 1. The van der Waals surface area contributed by atoms with Gasteiger partial charge in [-0.1, -0.05) is 25.3 Å². The lowest BCUT2D eigenvalue weighted by atomic mass is 9.94. The van der Waals surface area contributed by atoms with Crippen LogP contribution in [0.3, 0.4) is 0 Å². The van der Waals surface area contributed by atoms with E-state index < -0.39 is 0 Å². The topological polar surface area (TPSA) is 59.4 Å². The van der Waals surface area contributed by atoms with Crippen LogP contribution in [-0.4, -0.2) is 48.1 Å². The molecule has 3 rings (SSSR count). The van der Waals surface area contributed by atoms with Crippen LogP contribution < -0.4 is 5.32 Å². The standard InChI is InChI=1S/C18H24N4O/c19-14-15-5-4-6-16(13-15)20-18(23)22-11-9-21(10-12-22)17-7-2-1-3-8-17/h4-6,13,17H,1-3,7-12H2,(H,20,23). The molecule has 1 saturated carbocycles. The maximum atomic E-state index is 12.4. The number of benzene rings is 1. The number of carbonyl (C=O) groups excluding carboxylic acids is 1. The molecule has 1 aliphatic carbocycles. The average molecular weight is 312 g/mol. The van der Waals surface area contributed by atoms with Crippen LogP contribution in [0.4, 0.5) is 10.5 Å². The van der Waals surface area contributed by atoms with Crippen molar-refractivity contribution >= 4 is 11.7 Å². The Morgan fingerprint density at radius 2 is 1.87 bits per heavy atom. The first-order chi connectivity index (χ1) is 11.3. The number of rotatable bonds is 2. The molecule has 23 heavy (non-hydrogen) atoms. The SMILES string of the molecule is N#Cc1cccc(NC(=O)N2CCN(C3CCCCC3)CC2)c1. The molecule has 1 saturated heterocycles. The van der Waals surface area contributed by atoms with Gasteiger partial charge in [0.1, 0.15) is 0 Å². The normalized spacial score (nSPS) is 20.0. The van der Waals surface area contributed by atoms with E-state index in [2.05, 4.69) is 16.3 Å². The van der Waals surface area contributed by atoms with Crippen LogP contribution in [0.2, 0.25) is 0 Å². The van der Waals surface area contributed by atoms with Crippen LogP contribution in [0.5, 0.6) is 0 Å². The van der Waals surface area contributed by atoms with Crippen molar-refractivity contribution in [2.45, 2.75) is 38.1 Å². The lowest BCUT2D eigenvalue weighted by molar-refractivity contribution is 0.0943. The van der Waals surface area contributed by atoms with Crippen LogP contribution in [0.25, 0.3) is 0 Å². The fraction of sp³-hybridized carbons (Fsp3) is 0.556. The van der Waals surface area contributed by atoms with Gasteiger partial charge >= 0.3 is 6.03 Å². The van der Waals surface area contributed by atoms with Crippen molar-refractivity contribution in [2.75, 3.05) is 31.5 Å². The predicted octanol–water partition coefficient (Wildman–Crippen LogP) is 3.04. The van der Waals surface area contributed by atoms with Gasteiger partial charge in [0.15, 0.2) is 0 Å². The summed E-state index contributed by atoms with van der Waals surface area (Å²) >= 11 is 0. The van der Waals surface area contributed by atoms with Crippen LogP contribution >= 0.6 is 0 Å². The summed E-state index contributed by atoms with van der Waals surface area (Å²) in [5.74, 6) is 0. The number of nitrogens with zero attached hydrogens (tertiary/aromatic N) is 3. The fourth-order valence-corrected chi connectivity index (χ4v) is 3.61. The van der Waals surface area contributed by atoms with E-state index >= 15 is 0 Å². The van der Waals surface area contributed by atoms with Crippen molar-refractivity contribution < 1.29 is 4.79 Å². The van der Waals surface area contributed by atoms with E-state index in [0.29, 0.717) is 11.3 Å². The molecule has 0 aromatic heterocycles. The first kappa shape index (κ1) is 15.8. The van der Waals surface area contributed by atoms with E-state index in [1.807, 2.05) is 11.0 Å². The Bertz CT molecular complexity index is 581. The Kier molecular flexibility index (Phi) is 5.14. The molecule has 0 bridgehead atoms. The average Bonchev–Trinajstić information content (AvgIpc) is 2.63. The van der Waals surface area contributed by atoms with E-state index in [1.165, 1.54) is 32.1 Å². The second-order valence-electron chi connectivity index (χ2n) is 6.44. The molecule has 0 atom stereocenters. The van der Waals surface area contributed by atoms with Crippen molar-refractivity contribution in [1.29, 1.82) is 5.26 Å². The van der Waals surface area contributed by atoms with Gasteiger partial charge in [0.2, 0.25) is 0 Å². The van der Waals surface area contributed by atoms with Crippen LogP contribution in [0.1, 0.15) is 37.7 Å². The van der Waals surface area contributed by atoms with Gasteiger partial charge in [-0.25, -0.2) is 4.79 Å². The lowest BCUT2D eigenvalue weighted by Crippen LogP contribution is -2.53. The highest BCUT2D eigenvalue weighted by Gasteiger charge is 2.26. The van der Waals surface area contributed by atoms with Crippen molar-refractivity contribution in [3.63, 3.8) is 0 Å². The summed E-state index contributed by atoms with van der Waals surface area (Å²) in [5.41, 5.74) is 1.24. The van der Waals surface area contributed by atoms with Gasteiger partial charge in [0, 0.05) is 37.9 Å². The Hall–Kier alpha value is -2.06. The summed E-state index contributed by atoms with van der Waals surface area (Å²) in [6, 6.07) is 9.79. The molecular formula is C18H24N4O. The summed E-state index contributed by atoms with van der Waals surface area (Å²) in [6.07, 6.45) is 6.70. The van der Waals surface area contributed by atoms with Gasteiger partial charge in [0.25, 0.3) is 0 Å². The fourth-order valence-electron chi connectivity index (χ4n) is 3.61. The second kappa shape index (κ2) is 7.47. The molecule has 0 unspecified atom stereocenters. The largest absolute Gasteiger partial charge is 0.322 e. The van der Waals surface area contributed by atoms with Gasteiger partial charge in [0.05, 0.1) is 11.6 Å². The minimum absolute atomic E-state index is 0.0663. The number of anilines is 1. The predicted molar refractivity (Wildman–Crippen MR) is 90.2 cm³/mol. The van der Waals surface area contributed by atoms with E-state index in [4.69, 9.17) is 5.26 Å². The zero-order valence-electron chi connectivity index (χ0n) is 13.5. The van der Waals surface area contributed by atoms with Gasteiger partial charge in [-0.2, -0.15) is 5.26 Å². The first-order valence-electron chi connectivity index (χ1n) is 8.56. The van der Waals surface area contributed by atoms with Gasteiger partial charge < -0.3 is 10.2 Å². The minimum atomic E-state index is -0.0663. The molecule has 1 heterocycles. The summed E-state index contributed by atoms with van der Waals surface area (Å²) in [6.45, 7) is 3.49. The second-order valence-corrected chi connectivity index (χ2v) is 6.44. The van der Waals surface area contributed by atoms with E-state index in [9.17, 15) is 4.79 Å². The van der Waals surface area contributed by atoms with E-state index in [0.717, 1.165) is 32.2 Å². The molecular weight excluding hydrogens is 288 g/mol. The molecule has 5 heteroatoms. The molecule has 2 aliphatic rings. The number of nitriles is 1. The maximum absolute atomic E-state index is 12.4. The van der Waals surface area contributed by atoms with Crippen LogP contribution in [-0.2, 0) is 0 Å². The summed E-state index contributed by atoms with van der Waals surface area (Å²) in [4.78, 5) is 16.8. The highest BCUT2D eigenvalue weighted by atomic mass is 16.2. The third kappa shape index (κ3) is 4.02. The number of amides is 2. The molecule has 2 amide bonds. The van der Waals surface area contributed by atoms with Gasteiger partial charge in [-0.05, 0) is 31.0 Å². The molecule has 2 fully saturated rings.